The maximum Gasteiger partial charge on any atom is 0.122 e. The summed E-state index contributed by atoms with van der Waals surface area (Å²) in [5.41, 5.74) is 1.35. The minimum atomic E-state index is 0.108. The van der Waals surface area contributed by atoms with E-state index >= 15 is 0 Å². The molecule has 0 aromatic carbocycles. The molecule has 0 aliphatic carbocycles. The van der Waals surface area contributed by atoms with Gasteiger partial charge in [-0.25, -0.2) is 0 Å². The molecule has 1 aromatic heterocycles. The number of rotatable bonds is 6. The summed E-state index contributed by atoms with van der Waals surface area (Å²) in [6.07, 6.45) is 3.67. The van der Waals surface area contributed by atoms with E-state index in [1.54, 1.807) is 6.26 Å². The van der Waals surface area contributed by atoms with Crippen molar-refractivity contribution in [3.63, 3.8) is 0 Å². The Balaban J connectivity index is 2.56. The van der Waals surface area contributed by atoms with Gasteiger partial charge in [0.15, 0.2) is 0 Å². The monoisotopic (exact) mass is 236 g/mol. The Hall–Kier alpha value is -1.06. The average Bonchev–Trinajstić information content (AvgIpc) is 2.61. The summed E-state index contributed by atoms with van der Waals surface area (Å²) in [4.78, 5) is 2.21. The zero-order chi connectivity index (χ0) is 12.9. The van der Waals surface area contributed by atoms with Crippen molar-refractivity contribution in [3.8, 4) is 0 Å². The molecule has 1 heterocycles. The standard InChI is InChI=1S/C14H24N2O/c1-6-8-16(5)11-12-7-9-17-13(12)10-15-14(2,3)4/h6-7,9,15H,1,8,10-11H2,2-5H3. The SMILES string of the molecule is C=CCN(C)Cc1ccoc1CNC(C)(C)C. The summed E-state index contributed by atoms with van der Waals surface area (Å²) in [6.45, 7) is 12.8. The number of hydrogen-bond donors (Lipinski definition) is 1. The van der Waals surface area contributed by atoms with E-state index in [0.717, 1.165) is 25.4 Å². The Morgan fingerprint density at radius 3 is 2.76 bits per heavy atom. The molecule has 0 aliphatic rings. The molecule has 0 saturated heterocycles. The first-order chi connectivity index (χ1) is 7.92. The fourth-order valence-corrected chi connectivity index (χ4v) is 1.58. The summed E-state index contributed by atoms with van der Waals surface area (Å²) in [5, 5.41) is 3.44. The second kappa shape index (κ2) is 6.03. The predicted molar refractivity (Wildman–Crippen MR) is 71.8 cm³/mol. The van der Waals surface area contributed by atoms with E-state index in [9.17, 15) is 0 Å². The molecule has 1 N–H and O–H groups in total. The summed E-state index contributed by atoms with van der Waals surface area (Å²) in [7, 11) is 2.08. The Kier molecular flexibility index (Phi) is 4.97. The third-order valence-corrected chi connectivity index (χ3v) is 2.50. The molecular weight excluding hydrogens is 212 g/mol. The number of nitrogens with zero attached hydrogens (tertiary/aromatic N) is 1. The van der Waals surface area contributed by atoms with Crippen LogP contribution in [0.3, 0.4) is 0 Å². The number of hydrogen-bond acceptors (Lipinski definition) is 3. The van der Waals surface area contributed by atoms with Gasteiger partial charge in [0.25, 0.3) is 0 Å². The molecule has 0 atom stereocenters. The Morgan fingerprint density at radius 1 is 1.47 bits per heavy atom. The highest BCUT2D eigenvalue weighted by molar-refractivity contribution is 5.17. The van der Waals surface area contributed by atoms with E-state index < -0.39 is 0 Å². The van der Waals surface area contributed by atoms with Gasteiger partial charge in [-0.3, -0.25) is 4.90 Å². The molecule has 0 unspecified atom stereocenters. The second-order valence-electron chi connectivity index (χ2n) is 5.46. The highest BCUT2D eigenvalue weighted by Gasteiger charge is 2.13. The van der Waals surface area contributed by atoms with Crippen LogP contribution in [-0.2, 0) is 13.1 Å². The van der Waals surface area contributed by atoms with Crippen LogP contribution in [0.5, 0.6) is 0 Å². The van der Waals surface area contributed by atoms with Gasteiger partial charge >= 0.3 is 0 Å². The topological polar surface area (TPSA) is 28.4 Å². The van der Waals surface area contributed by atoms with Crippen molar-refractivity contribution in [1.82, 2.24) is 10.2 Å². The molecule has 96 valence electrons. The van der Waals surface area contributed by atoms with Crippen molar-refractivity contribution in [2.45, 2.75) is 39.4 Å². The van der Waals surface area contributed by atoms with Crippen molar-refractivity contribution < 1.29 is 4.42 Å². The van der Waals surface area contributed by atoms with Crippen LogP contribution in [0, 0.1) is 0 Å². The van der Waals surface area contributed by atoms with Gasteiger partial charge in [0, 0.05) is 24.2 Å². The average molecular weight is 236 g/mol. The Morgan fingerprint density at radius 2 is 2.18 bits per heavy atom. The van der Waals surface area contributed by atoms with Gasteiger partial charge < -0.3 is 9.73 Å². The maximum absolute atomic E-state index is 5.52. The number of furan rings is 1. The van der Waals surface area contributed by atoms with Crippen molar-refractivity contribution in [2.24, 2.45) is 0 Å². The van der Waals surface area contributed by atoms with Crippen molar-refractivity contribution in [1.29, 1.82) is 0 Å². The third kappa shape index (κ3) is 5.20. The fraction of sp³-hybridized carbons (Fsp3) is 0.571. The first-order valence-electron chi connectivity index (χ1n) is 6.02. The van der Waals surface area contributed by atoms with Gasteiger partial charge in [-0.05, 0) is 33.9 Å². The van der Waals surface area contributed by atoms with Gasteiger partial charge in [0.2, 0.25) is 0 Å². The van der Waals surface area contributed by atoms with Gasteiger partial charge in [-0.15, -0.1) is 6.58 Å². The van der Waals surface area contributed by atoms with Crippen LogP contribution in [0.2, 0.25) is 0 Å². The molecule has 0 amide bonds. The molecule has 0 fully saturated rings. The molecule has 3 heteroatoms. The number of likely N-dealkylation sites (N-methyl/N-ethyl adjacent to an activating group) is 1. The van der Waals surface area contributed by atoms with Crippen LogP contribution >= 0.6 is 0 Å². The second-order valence-corrected chi connectivity index (χ2v) is 5.46. The minimum Gasteiger partial charge on any atom is -0.468 e. The Labute approximate surface area is 104 Å². The van der Waals surface area contributed by atoms with Crippen LogP contribution in [0.25, 0.3) is 0 Å². The van der Waals surface area contributed by atoms with Crippen LogP contribution in [0.4, 0.5) is 0 Å². The maximum atomic E-state index is 5.52. The molecule has 0 radical (unpaired) electrons. The molecule has 3 nitrogen and oxygen atoms in total. The normalized spacial score (nSPS) is 12.1. The van der Waals surface area contributed by atoms with Gasteiger partial charge in [0.05, 0.1) is 12.8 Å². The summed E-state index contributed by atoms with van der Waals surface area (Å²) >= 11 is 0. The highest BCUT2D eigenvalue weighted by atomic mass is 16.3. The third-order valence-electron chi connectivity index (χ3n) is 2.50. The smallest absolute Gasteiger partial charge is 0.122 e. The molecule has 0 saturated carbocycles. The van der Waals surface area contributed by atoms with E-state index in [4.69, 9.17) is 4.42 Å². The lowest BCUT2D eigenvalue weighted by Gasteiger charge is -2.20. The zero-order valence-electron chi connectivity index (χ0n) is 11.4. The molecule has 1 rings (SSSR count). The Bertz CT molecular complexity index is 349. The first-order valence-corrected chi connectivity index (χ1v) is 6.02. The van der Waals surface area contributed by atoms with Crippen LogP contribution in [-0.4, -0.2) is 24.0 Å². The first kappa shape index (κ1) is 14.0. The van der Waals surface area contributed by atoms with E-state index in [0.29, 0.717) is 0 Å². The highest BCUT2D eigenvalue weighted by Crippen LogP contribution is 2.14. The number of nitrogens with one attached hydrogen (secondary N) is 1. The zero-order valence-corrected chi connectivity index (χ0v) is 11.4. The van der Waals surface area contributed by atoms with Crippen LogP contribution in [0.15, 0.2) is 29.4 Å². The van der Waals surface area contributed by atoms with Gasteiger partial charge in [-0.2, -0.15) is 0 Å². The molecule has 0 aliphatic heterocycles. The molecule has 17 heavy (non-hydrogen) atoms. The molecule has 0 bridgehead atoms. The van der Waals surface area contributed by atoms with Crippen LogP contribution < -0.4 is 5.32 Å². The van der Waals surface area contributed by atoms with Crippen molar-refractivity contribution in [3.05, 3.63) is 36.3 Å². The molecule has 0 spiro atoms. The van der Waals surface area contributed by atoms with E-state index in [2.05, 4.69) is 44.6 Å². The molecule has 1 aromatic rings. The largest absolute Gasteiger partial charge is 0.468 e. The lowest BCUT2D eigenvalue weighted by atomic mass is 10.1. The summed E-state index contributed by atoms with van der Waals surface area (Å²) in [6, 6.07) is 2.04. The predicted octanol–water partition coefficient (Wildman–Crippen LogP) is 2.79. The van der Waals surface area contributed by atoms with E-state index in [-0.39, 0.29) is 5.54 Å². The lowest BCUT2D eigenvalue weighted by molar-refractivity contribution is 0.349. The quantitative estimate of drug-likeness (QED) is 0.770. The summed E-state index contributed by atoms with van der Waals surface area (Å²) < 4.78 is 5.52. The lowest BCUT2D eigenvalue weighted by Crippen LogP contribution is -2.35. The summed E-state index contributed by atoms with van der Waals surface area (Å²) in [5.74, 6) is 1.02. The van der Waals surface area contributed by atoms with E-state index in [1.807, 2.05) is 12.1 Å². The van der Waals surface area contributed by atoms with Gasteiger partial charge in [0.1, 0.15) is 5.76 Å². The minimum absolute atomic E-state index is 0.108. The van der Waals surface area contributed by atoms with E-state index in [1.165, 1.54) is 5.56 Å². The van der Waals surface area contributed by atoms with Gasteiger partial charge in [-0.1, -0.05) is 6.08 Å². The fourth-order valence-electron chi connectivity index (χ4n) is 1.58. The van der Waals surface area contributed by atoms with Crippen molar-refractivity contribution in [2.75, 3.05) is 13.6 Å². The molecular formula is C14H24N2O. The van der Waals surface area contributed by atoms with Crippen LogP contribution in [0.1, 0.15) is 32.1 Å². The van der Waals surface area contributed by atoms with Crippen molar-refractivity contribution >= 4 is 0 Å².